The molecule has 0 N–H and O–H groups in total. The van der Waals surface area contributed by atoms with Crippen molar-refractivity contribution in [2.75, 3.05) is 0 Å². The third-order valence-corrected chi connectivity index (χ3v) is 5.10. The number of alkyl halides is 3. The van der Waals surface area contributed by atoms with Crippen LogP contribution in [0.3, 0.4) is 0 Å². The summed E-state index contributed by atoms with van der Waals surface area (Å²) < 4.78 is 49.2. The second kappa shape index (κ2) is 8.33. The lowest BCUT2D eigenvalue weighted by molar-refractivity contribution is -0.139. The number of rotatable bonds is 5. The Labute approximate surface area is 181 Å². The average Bonchev–Trinajstić information content (AvgIpc) is 3.11. The van der Waals surface area contributed by atoms with Gasteiger partial charge in [-0.05, 0) is 52.2 Å². The second-order valence-corrected chi connectivity index (χ2v) is 7.23. The van der Waals surface area contributed by atoms with Crippen LogP contribution < -0.4 is 10.4 Å². The van der Waals surface area contributed by atoms with E-state index in [2.05, 4.69) is 10.4 Å². The van der Waals surface area contributed by atoms with Crippen molar-refractivity contribution in [2.45, 2.75) is 19.7 Å². The zero-order valence-corrected chi connectivity index (χ0v) is 17.3. The number of ether oxygens (including phenoxy) is 1. The summed E-state index contributed by atoms with van der Waals surface area (Å²) in [5, 5.41) is 7.52. The maximum atomic E-state index is 13.8. The van der Waals surface area contributed by atoms with Crippen LogP contribution in [0.2, 0.25) is 0 Å². The molecule has 9 heteroatoms. The quantitative estimate of drug-likeness (QED) is 0.457. The van der Waals surface area contributed by atoms with E-state index in [1.54, 1.807) is 61.5 Å². The summed E-state index contributed by atoms with van der Waals surface area (Å²) in [6, 6.07) is 18.0. The highest BCUT2D eigenvalue weighted by molar-refractivity contribution is 5.66. The molecule has 1 heterocycles. The van der Waals surface area contributed by atoms with Crippen LogP contribution in [0.25, 0.3) is 16.8 Å². The number of nitrogens with zero attached hydrogens (tertiary/aromatic N) is 4. The molecule has 1 aromatic heterocycles. The largest absolute Gasteiger partial charge is 0.488 e. The molecule has 0 amide bonds. The third-order valence-electron chi connectivity index (χ3n) is 5.10. The summed E-state index contributed by atoms with van der Waals surface area (Å²) in [7, 11) is 1.46. The number of hydrogen-bond acceptors (Lipinski definition) is 4. The molecule has 4 aromatic rings. The van der Waals surface area contributed by atoms with Gasteiger partial charge in [-0.2, -0.15) is 22.5 Å². The highest BCUT2D eigenvalue weighted by Crippen LogP contribution is 2.39. The summed E-state index contributed by atoms with van der Waals surface area (Å²) in [6.45, 7) is 1.60. The first-order valence-corrected chi connectivity index (χ1v) is 9.73. The Bertz CT molecular complexity index is 1310. The van der Waals surface area contributed by atoms with Crippen molar-refractivity contribution < 1.29 is 17.9 Å². The monoisotopic (exact) mass is 440 g/mol. The molecule has 0 fully saturated rings. The van der Waals surface area contributed by atoms with E-state index in [0.29, 0.717) is 22.4 Å². The molecule has 164 valence electrons. The molecular formula is C23H19F3N4O2. The Kier molecular flexibility index (Phi) is 5.56. The highest BCUT2D eigenvalue weighted by Gasteiger charge is 2.35. The third kappa shape index (κ3) is 4.14. The van der Waals surface area contributed by atoms with Crippen molar-refractivity contribution >= 4 is 0 Å². The van der Waals surface area contributed by atoms with Gasteiger partial charge in [0.05, 0.1) is 11.3 Å². The standard InChI is InChI=1S/C23H19F3N4O2/c1-15-7-6-10-20(30-22(31)29(2)27-28-30)18(15)14-32-21-12-11-17(13-19(21)23(24,25)26)16-8-4-3-5-9-16/h3-13H,14H2,1-2H3. The van der Waals surface area contributed by atoms with Crippen molar-refractivity contribution in [2.24, 2.45) is 7.05 Å². The Balaban J connectivity index is 1.71. The molecule has 4 rings (SSSR count). The molecule has 3 aromatic carbocycles. The molecule has 0 aliphatic rings. The van der Waals surface area contributed by atoms with Gasteiger partial charge < -0.3 is 4.74 Å². The van der Waals surface area contributed by atoms with Gasteiger partial charge in [0, 0.05) is 12.6 Å². The fourth-order valence-corrected chi connectivity index (χ4v) is 3.38. The predicted octanol–water partition coefficient (Wildman–Crippen LogP) is 4.54. The molecule has 0 aliphatic carbocycles. The number of benzene rings is 3. The predicted molar refractivity (Wildman–Crippen MR) is 113 cm³/mol. The molecule has 0 saturated heterocycles. The van der Waals surface area contributed by atoms with Gasteiger partial charge in [0.25, 0.3) is 0 Å². The molecule has 0 saturated carbocycles. The van der Waals surface area contributed by atoms with Crippen LogP contribution in [-0.4, -0.2) is 19.8 Å². The Morgan fingerprint density at radius 1 is 0.938 bits per heavy atom. The van der Waals surface area contributed by atoms with E-state index in [1.807, 2.05) is 0 Å². The van der Waals surface area contributed by atoms with Crippen molar-refractivity contribution in [3.05, 3.63) is 93.9 Å². The zero-order valence-electron chi connectivity index (χ0n) is 17.3. The van der Waals surface area contributed by atoms with Gasteiger partial charge in [-0.25, -0.2) is 4.79 Å². The van der Waals surface area contributed by atoms with Gasteiger partial charge in [0.1, 0.15) is 12.4 Å². The first kappa shape index (κ1) is 21.4. The van der Waals surface area contributed by atoms with Crippen LogP contribution >= 0.6 is 0 Å². The summed E-state index contributed by atoms with van der Waals surface area (Å²) in [6.07, 6.45) is -4.60. The van der Waals surface area contributed by atoms with Gasteiger partial charge in [-0.1, -0.05) is 48.5 Å². The molecule has 0 radical (unpaired) electrons. The molecule has 32 heavy (non-hydrogen) atoms. The number of halogens is 3. The minimum atomic E-state index is -4.60. The van der Waals surface area contributed by atoms with Gasteiger partial charge in [-0.15, -0.1) is 0 Å². The lowest BCUT2D eigenvalue weighted by Gasteiger charge is -2.17. The van der Waals surface area contributed by atoms with E-state index >= 15 is 0 Å². The van der Waals surface area contributed by atoms with Gasteiger partial charge in [0.2, 0.25) is 0 Å². The number of aryl methyl sites for hydroxylation is 2. The van der Waals surface area contributed by atoms with E-state index in [9.17, 15) is 18.0 Å². The van der Waals surface area contributed by atoms with Crippen LogP contribution in [0.5, 0.6) is 5.75 Å². The first-order chi connectivity index (χ1) is 15.3. The fourth-order valence-electron chi connectivity index (χ4n) is 3.38. The van der Waals surface area contributed by atoms with E-state index in [0.717, 1.165) is 21.0 Å². The second-order valence-electron chi connectivity index (χ2n) is 7.23. The van der Waals surface area contributed by atoms with Crippen LogP contribution in [0, 0.1) is 6.92 Å². The average molecular weight is 440 g/mol. The minimum Gasteiger partial charge on any atom is -0.488 e. The van der Waals surface area contributed by atoms with E-state index in [4.69, 9.17) is 4.74 Å². The number of tetrazole rings is 1. The van der Waals surface area contributed by atoms with Crippen LogP contribution in [-0.2, 0) is 19.8 Å². The molecule has 0 atom stereocenters. The number of aromatic nitrogens is 4. The zero-order chi connectivity index (χ0) is 22.9. The maximum absolute atomic E-state index is 13.8. The van der Waals surface area contributed by atoms with Crippen molar-refractivity contribution in [3.8, 4) is 22.6 Å². The van der Waals surface area contributed by atoms with Gasteiger partial charge in [-0.3, -0.25) is 0 Å². The summed E-state index contributed by atoms with van der Waals surface area (Å²) in [5.41, 5.74) is 1.45. The van der Waals surface area contributed by atoms with E-state index in [1.165, 1.54) is 13.1 Å². The van der Waals surface area contributed by atoms with Crippen molar-refractivity contribution in [1.29, 1.82) is 0 Å². The molecule has 0 aliphatic heterocycles. The van der Waals surface area contributed by atoms with Crippen LogP contribution in [0.1, 0.15) is 16.7 Å². The van der Waals surface area contributed by atoms with E-state index < -0.39 is 17.4 Å². The maximum Gasteiger partial charge on any atom is 0.419 e. The lowest BCUT2D eigenvalue weighted by atomic mass is 10.0. The van der Waals surface area contributed by atoms with Gasteiger partial charge >= 0.3 is 11.9 Å². The first-order valence-electron chi connectivity index (χ1n) is 9.73. The van der Waals surface area contributed by atoms with E-state index in [-0.39, 0.29) is 12.4 Å². The Morgan fingerprint density at radius 3 is 2.34 bits per heavy atom. The molecule has 6 nitrogen and oxygen atoms in total. The lowest BCUT2D eigenvalue weighted by Crippen LogP contribution is -2.23. The Morgan fingerprint density at radius 2 is 1.69 bits per heavy atom. The van der Waals surface area contributed by atoms with Crippen molar-refractivity contribution in [3.63, 3.8) is 0 Å². The van der Waals surface area contributed by atoms with Gasteiger partial charge in [0.15, 0.2) is 0 Å². The molecule has 0 bridgehead atoms. The molecule has 0 spiro atoms. The summed E-state index contributed by atoms with van der Waals surface area (Å²) >= 11 is 0. The molecular weight excluding hydrogens is 421 g/mol. The normalized spacial score (nSPS) is 11.5. The molecule has 0 unspecified atom stereocenters. The smallest absolute Gasteiger partial charge is 0.419 e. The number of hydrogen-bond donors (Lipinski definition) is 0. The highest BCUT2D eigenvalue weighted by atomic mass is 19.4. The summed E-state index contributed by atoms with van der Waals surface area (Å²) in [5.74, 6) is -0.294. The fraction of sp³-hybridized carbons (Fsp3) is 0.174. The minimum absolute atomic E-state index is 0.182. The topological polar surface area (TPSA) is 61.9 Å². The SMILES string of the molecule is Cc1cccc(-n2nnn(C)c2=O)c1COc1ccc(-c2ccccc2)cc1C(F)(F)F. The van der Waals surface area contributed by atoms with Crippen LogP contribution in [0.4, 0.5) is 13.2 Å². The summed E-state index contributed by atoms with van der Waals surface area (Å²) in [4.78, 5) is 12.3. The van der Waals surface area contributed by atoms with Crippen LogP contribution in [0.15, 0.2) is 71.5 Å². The van der Waals surface area contributed by atoms with Crippen molar-refractivity contribution in [1.82, 2.24) is 19.8 Å². The Hall–Kier alpha value is -3.88.